The van der Waals surface area contributed by atoms with E-state index in [1.54, 1.807) is 24.3 Å². The second-order valence-corrected chi connectivity index (χ2v) is 7.56. The van der Waals surface area contributed by atoms with Crippen LogP contribution in [0.4, 0.5) is 18.2 Å². The van der Waals surface area contributed by atoms with E-state index in [0.29, 0.717) is 22.2 Å². The summed E-state index contributed by atoms with van der Waals surface area (Å²) in [4.78, 5) is 24.3. The molecule has 0 fully saturated rings. The first-order valence-electron chi connectivity index (χ1n) is 7.86. The van der Waals surface area contributed by atoms with Gasteiger partial charge in [-0.2, -0.15) is 13.2 Å². The van der Waals surface area contributed by atoms with Crippen molar-refractivity contribution in [2.45, 2.75) is 6.18 Å². The lowest BCUT2D eigenvalue weighted by atomic mass is 10.0. The number of nitrogens with one attached hydrogen (secondary N) is 1. The van der Waals surface area contributed by atoms with Gasteiger partial charge in [0, 0.05) is 21.0 Å². The van der Waals surface area contributed by atoms with Crippen LogP contribution < -0.4 is 5.32 Å². The molecule has 0 bridgehead atoms. The van der Waals surface area contributed by atoms with E-state index in [9.17, 15) is 27.9 Å². The molecule has 2 N–H and O–H groups in total. The Kier molecular flexibility index (Phi) is 5.88. The van der Waals surface area contributed by atoms with E-state index in [4.69, 9.17) is 23.2 Å². The largest absolute Gasteiger partial charge is 0.478 e. The van der Waals surface area contributed by atoms with E-state index in [2.05, 4.69) is 5.32 Å². The molecule has 3 rings (SSSR count). The Balaban J connectivity index is 2.02. The predicted octanol–water partition coefficient (Wildman–Crippen LogP) is 6.69. The van der Waals surface area contributed by atoms with E-state index >= 15 is 0 Å². The number of carboxylic acids is 1. The third-order valence-electron chi connectivity index (χ3n) is 3.92. The molecule has 4 nitrogen and oxygen atoms in total. The number of thiophene rings is 1. The summed E-state index contributed by atoms with van der Waals surface area (Å²) in [6.07, 6.45) is -4.78. The van der Waals surface area contributed by atoms with Crippen LogP contribution in [-0.4, -0.2) is 17.0 Å². The van der Waals surface area contributed by atoms with Crippen molar-refractivity contribution in [2.75, 3.05) is 5.32 Å². The summed E-state index contributed by atoms with van der Waals surface area (Å²) >= 11 is 12.5. The van der Waals surface area contributed by atoms with Crippen molar-refractivity contribution in [1.82, 2.24) is 0 Å². The van der Waals surface area contributed by atoms with Crippen molar-refractivity contribution in [3.63, 3.8) is 0 Å². The van der Waals surface area contributed by atoms with E-state index in [1.165, 1.54) is 5.38 Å². The maximum Gasteiger partial charge on any atom is 0.417 e. The Hall–Kier alpha value is -2.55. The van der Waals surface area contributed by atoms with Crippen LogP contribution in [-0.2, 0) is 6.18 Å². The van der Waals surface area contributed by atoms with Gasteiger partial charge in [0.15, 0.2) is 0 Å². The summed E-state index contributed by atoms with van der Waals surface area (Å²) in [5, 5.41) is 13.6. The van der Waals surface area contributed by atoms with Gasteiger partial charge in [0.2, 0.25) is 0 Å². The maximum absolute atomic E-state index is 13.2. The molecule has 0 radical (unpaired) electrons. The predicted molar refractivity (Wildman–Crippen MR) is 106 cm³/mol. The molecule has 1 heterocycles. The van der Waals surface area contributed by atoms with Gasteiger partial charge in [-0.1, -0.05) is 35.3 Å². The number of amides is 1. The van der Waals surface area contributed by atoms with E-state index in [-0.39, 0.29) is 15.6 Å². The van der Waals surface area contributed by atoms with Crippen LogP contribution in [0.5, 0.6) is 0 Å². The number of hydrogen-bond acceptors (Lipinski definition) is 3. The molecule has 0 spiro atoms. The highest BCUT2D eigenvalue weighted by molar-refractivity contribution is 7.15. The third-order valence-corrected chi connectivity index (χ3v) is 5.30. The number of carbonyl (C=O) groups excluding carboxylic acids is 1. The fourth-order valence-electron chi connectivity index (χ4n) is 2.63. The Morgan fingerprint density at radius 2 is 1.62 bits per heavy atom. The molecule has 0 aliphatic carbocycles. The van der Waals surface area contributed by atoms with Crippen LogP contribution in [0.15, 0.2) is 47.8 Å². The molecule has 10 heteroatoms. The number of carboxylic acid groups (broad SMARTS) is 1. The molecular formula is C19H10Cl2F3NO3S. The first kappa shape index (κ1) is 21.2. The summed E-state index contributed by atoms with van der Waals surface area (Å²) in [6, 6.07) is 8.94. The van der Waals surface area contributed by atoms with E-state index in [1.807, 2.05) is 0 Å². The average molecular weight is 460 g/mol. The SMILES string of the molecule is O=C(Nc1scc(-c2ccc(Cl)cc2)c1C(=O)O)c1cc(Cl)ccc1C(F)(F)F. The van der Waals surface area contributed by atoms with Crippen LogP contribution in [0, 0.1) is 0 Å². The van der Waals surface area contributed by atoms with Crippen molar-refractivity contribution < 1.29 is 27.9 Å². The minimum atomic E-state index is -4.78. The molecule has 3 aromatic rings. The lowest BCUT2D eigenvalue weighted by Gasteiger charge is -2.13. The quantitative estimate of drug-likeness (QED) is 0.456. The van der Waals surface area contributed by atoms with Crippen molar-refractivity contribution >= 4 is 51.4 Å². The number of carbonyl (C=O) groups is 2. The average Bonchev–Trinajstić information content (AvgIpc) is 3.05. The zero-order valence-electron chi connectivity index (χ0n) is 14.2. The fraction of sp³-hybridized carbons (Fsp3) is 0.0526. The first-order valence-corrected chi connectivity index (χ1v) is 9.50. The highest BCUT2D eigenvalue weighted by atomic mass is 35.5. The molecule has 0 saturated carbocycles. The van der Waals surface area contributed by atoms with Crippen LogP contribution >= 0.6 is 34.5 Å². The van der Waals surface area contributed by atoms with Gasteiger partial charge >= 0.3 is 12.1 Å². The van der Waals surface area contributed by atoms with Crippen LogP contribution in [0.25, 0.3) is 11.1 Å². The number of anilines is 1. The van der Waals surface area contributed by atoms with Crippen molar-refractivity contribution in [2.24, 2.45) is 0 Å². The Morgan fingerprint density at radius 1 is 1.00 bits per heavy atom. The first-order chi connectivity index (χ1) is 13.6. The normalized spacial score (nSPS) is 11.3. The van der Waals surface area contributed by atoms with Crippen LogP contribution in [0.2, 0.25) is 10.0 Å². The van der Waals surface area contributed by atoms with Gasteiger partial charge in [-0.3, -0.25) is 4.79 Å². The number of aromatic carboxylic acids is 1. The van der Waals surface area contributed by atoms with Crippen molar-refractivity contribution in [3.05, 3.63) is 74.6 Å². The summed E-state index contributed by atoms with van der Waals surface area (Å²) in [7, 11) is 0. The lowest BCUT2D eigenvalue weighted by Crippen LogP contribution is -2.19. The van der Waals surface area contributed by atoms with E-state index in [0.717, 1.165) is 23.5 Å². The molecule has 2 aromatic carbocycles. The zero-order chi connectivity index (χ0) is 21.3. The molecule has 150 valence electrons. The van der Waals surface area contributed by atoms with Gasteiger partial charge in [-0.05, 0) is 35.9 Å². The van der Waals surface area contributed by atoms with Crippen molar-refractivity contribution in [1.29, 1.82) is 0 Å². The third kappa shape index (κ3) is 4.55. The number of rotatable bonds is 4. The molecule has 29 heavy (non-hydrogen) atoms. The second kappa shape index (κ2) is 8.06. The monoisotopic (exact) mass is 459 g/mol. The summed E-state index contributed by atoms with van der Waals surface area (Å²) in [5.41, 5.74) is -1.28. The maximum atomic E-state index is 13.2. The number of halogens is 5. The summed E-state index contributed by atoms with van der Waals surface area (Å²) in [6.45, 7) is 0. The number of hydrogen-bond donors (Lipinski definition) is 2. The smallest absolute Gasteiger partial charge is 0.417 e. The Morgan fingerprint density at radius 3 is 2.21 bits per heavy atom. The standard InChI is InChI=1S/C19H10Cl2F3NO3S/c20-10-3-1-9(2-4-10)13-8-29-17(15(13)18(27)28)25-16(26)12-7-11(21)5-6-14(12)19(22,23)24/h1-8H,(H,25,26)(H,27,28). The highest BCUT2D eigenvalue weighted by Crippen LogP contribution is 2.38. The van der Waals surface area contributed by atoms with Gasteiger partial charge < -0.3 is 10.4 Å². The Labute approximate surface area is 176 Å². The fourth-order valence-corrected chi connectivity index (χ4v) is 3.88. The zero-order valence-corrected chi connectivity index (χ0v) is 16.5. The summed E-state index contributed by atoms with van der Waals surface area (Å²) in [5.74, 6) is -2.46. The number of alkyl halides is 3. The van der Waals surface area contributed by atoms with Gasteiger partial charge in [-0.25, -0.2) is 4.79 Å². The van der Waals surface area contributed by atoms with Gasteiger partial charge in [0.25, 0.3) is 5.91 Å². The van der Waals surface area contributed by atoms with Gasteiger partial charge in [0.05, 0.1) is 11.1 Å². The molecule has 0 aliphatic rings. The molecule has 0 atom stereocenters. The molecule has 1 amide bonds. The Bertz CT molecular complexity index is 1100. The molecule has 0 aliphatic heterocycles. The number of benzene rings is 2. The minimum absolute atomic E-state index is 0.0605. The molecule has 1 aromatic heterocycles. The van der Waals surface area contributed by atoms with Gasteiger partial charge in [0.1, 0.15) is 10.6 Å². The lowest BCUT2D eigenvalue weighted by molar-refractivity contribution is -0.137. The second-order valence-electron chi connectivity index (χ2n) is 5.81. The van der Waals surface area contributed by atoms with E-state index < -0.39 is 29.2 Å². The van der Waals surface area contributed by atoms with Crippen LogP contribution in [0.3, 0.4) is 0 Å². The highest BCUT2D eigenvalue weighted by Gasteiger charge is 2.35. The van der Waals surface area contributed by atoms with Crippen molar-refractivity contribution in [3.8, 4) is 11.1 Å². The summed E-state index contributed by atoms with van der Waals surface area (Å²) < 4.78 is 39.7. The molecule has 0 unspecified atom stereocenters. The van der Waals surface area contributed by atoms with Gasteiger partial charge in [-0.15, -0.1) is 11.3 Å². The minimum Gasteiger partial charge on any atom is -0.478 e. The molecule has 0 saturated heterocycles. The topological polar surface area (TPSA) is 66.4 Å². The molecular weight excluding hydrogens is 450 g/mol. The van der Waals surface area contributed by atoms with Crippen LogP contribution in [0.1, 0.15) is 26.3 Å².